The molecule has 1 aromatic rings. The number of aromatic nitrogens is 2. The second-order valence-electron chi connectivity index (χ2n) is 3.00. The SMILES string of the molecule is CN(C)C(=O)Cc1cn(C)cn1. The Morgan fingerprint density at radius 3 is 2.75 bits per heavy atom. The molecule has 0 N–H and O–H groups in total. The molecule has 0 saturated heterocycles. The van der Waals surface area contributed by atoms with Gasteiger partial charge in [0.25, 0.3) is 0 Å². The van der Waals surface area contributed by atoms with Crippen molar-refractivity contribution in [2.75, 3.05) is 14.1 Å². The Hall–Kier alpha value is -1.32. The molecule has 0 spiro atoms. The molecule has 0 aliphatic carbocycles. The summed E-state index contributed by atoms with van der Waals surface area (Å²) in [6.07, 6.45) is 3.92. The molecule has 0 aromatic carbocycles. The van der Waals surface area contributed by atoms with Gasteiger partial charge < -0.3 is 9.47 Å². The molecule has 0 atom stereocenters. The van der Waals surface area contributed by atoms with Crippen LogP contribution in [0.3, 0.4) is 0 Å². The molecule has 1 heterocycles. The summed E-state index contributed by atoms with van der Waals surface area (Å²) in [5, 5.41) is 0. The lowest BCUT2D eigenvalue weighted by molar-refractivity contribution is -0.128. The third-order valence-electron chi connectivity index (χ3n) is 1.59. The Kier molecular flexibility index (Phi) is 2.47. The molecule has 1 amide bonds. The molecule has 0 aliphatic rings. The van der Waals surface area contributed by atoms with Gasteiger partial charge in [-0.3, -0.25) is 4.79 Å². The van der Waals surface area contributed by atoms with Gasteiger partial charge in [-0.2, -0.15) is 0 Å². The van der Waals surface area contributed by atoms with E-state index in [0.717, 1.165) is 5.69 Å². The van der Waals surface area contributed by atoms with E-state index in [1.807, 2.05) is 17.8 Å². The van der Waals surface area contributed by atoms with Gasteiger partial charge in [0.05, 0.1) is 18.4 Å². The Morgan fingerprint density at radius 1 is 1.67 bits per heavy atom. The smallest absolute Gasteiger partial charge is 0.228 e. The Balaban J connectivity index is 2.58. The van der Waals surface area contributed by atoms with Crippen molar-refractivity contribution in [2.45, 2.75) is 6.42 Å². The van der Waals surface area contributed by atoms with Crippen LogP contribution in [0.25, 0.3) is 0 Å². The lowest BCUT2D eigenvalue weighted by Crippen LogP contribution is -2.23. The van der Waals surface area contributed by atoms with Crippen LogP contribution in [0.1, 0.15) is 5.69 Å². The van der Waals surface area contributed by atoms with E-state index in [1.54, 1.807) is 25.3 Å². The average Bonchev–Trinajstić information content (AvgIpc) is 2.35. The molecule has 66 valence electrons. The van der Waals surface area contributed by atoms with Gasteiger partial charge in [0.1, 0.15) is 0 Å². The second kappa shape index (κ2) is 3.38. The number of carbonyl (C=O) groups is 1. The summed E-state index contributed by atoms with van der Waals surface area (Å²) >= 11 is 0. The first-order valence-corrected chi connectivity index (χ1v) is 3.76. The monoisotopic (exact) mass is 167 g/mol. The number of rotatable bonds is 2. The Bertz CT molecular complexity index is 278. The summed E-state index contributed by atoms with van der Waals surface area (Å²) in [4.78, 5) is 16.8. The topological polar surface area (TPSA) is 38.1 Å². The van der Waals surface area contributed by atoms with Gasteiger partial charge in [0.15, 0.2) is 0 Å². The quantitative estimate of drug-likeness (QED) is 0.624. The number of hydrogen-bond acceptors (Lipinski definition) is 2. The van der Waals surface area contributed by atoms with Crippen LogP contribution in [-0.4, -0.2) is 34.5 Å². The minimum absolute atomic E-state index is 0.0775. The number of likely N-dealkylation sites (N-methyl/N-ethyl adjacent to an activating group) is 1. The van der Waals surface area contributed by atoms with E-state index >= 15 is 0 Å². The van der Waals surface area contributed by atoms with Gasteiger partial charge in [-0.25, -0.2) is 4.98 Å². The fraction of sp³-hybridized carbons (Fsp3) is 0.500. The average molecular weight is 167 g/mol. The minimum Gasteiger partial charge on any atom is -0.348 e. The highest BCUT2D eigenvalue weighted by atomic mass is 16.2. The fourth-order valence-corrected chi connectivity index (χ4v) is 0.871. The van der Waals surface area contributed by atoms with Gasteiger partial charge in [-0.1, -0.05) is 0 Å². The number of hydrogen-bond donors (Lipinski definition) is 0. The van der Waals surface area contributed by atoms with E-state index in [0.29, 0.717) is 6.42 Å². The van der Waals surface area contributed by atoms with Crippen molar-refractivity contribution in [2.24, 2.45) is 7.05 Å². The molecular formula is C8H13N3O. The largest absolute Gasteiger partial charge is 0.348 e. The standard InChI is InChI=1S/C8H13N3O/c1-10(2)8(12)4-7-5-11(3)6-9-7/h5-6H,4H2,1-3H3. The van der Waals surface area contributed by atoms with Crippen LogP contribution in [-0.2, 0) is 18.3 Å². The van der Waals surface area contributed by atoms with Crippen molar-refractivity contribution < 1.29 is 4.79 Å². The van der Waals surface area contributed by atoms with Crippen LogP contribution in [0.2, 0.25) is 0 Å². The van der Waals surface area contributed by atoms with Crippen molar-refractivity contribution in [3.63, 3.8) is 0 Å². The molecule has 0 unspecified atom stereocenters. The molecule has 0 saturated carbocycles. The Labute approximate surface area is 71.8 Å². The van der Waals surface area contributed by atoms with Gasteiger partial charge in [-0.15, -0.1) is 0 Å². The first-order chi connectivity index (χ1) is 5.59. The van der Waals surface area contributed by atoms with Crippen LogP contribution < -0.4 is 0 Å². The minimum atomic E-state index is 0.0775. The summed E-state index contributed by atoms with van der Waals surface area (Å²) in [5.41, 5.74) is 0.816. The highest BCUT2D eigenvalue weighted by Crippen LogP contribution is 1.96. The predicted octanol–water partition coefficient (Wildman–Crippen LogP) is 0.0508. The fourth-order valence-electron chi connectivity index (χ4n) is 0.871. The highest BCUT2D eigenvalue weighted by molar-refractivity contribution is 5.77. The first kappa shape index (κ1) is 8.77. The van der Waals surface area contributed by atoms with Crippen molar-refractivity contribution in [3.8, 4) is 0 Å². The molecule has 4 nitrogen and oxygen atoms in total. The van der Waals surface area contributed by atoms with Crippen LogP contribution in [0, 0.1) is 0 Å². The summed E-state index contributed by atoms with van der Waals surface area (Å²) < 4.78 is 1.83. The summed E-state index contributed by atoms with van der Waals surface area (Å²) in [6, 6.07) is 0. The normalized spacial score (nSPS) is 9.92. The van der Waals surface area contributed by atoms with Gasteiger partial charge in [-0.05, 0) is 0 Å². The number of carbonyl (C=O) groups excluding carboxylic acids is 1. The number of aryl methyl sites for hydroxylation is 1. The summed E-state index contributed by atoms with van der Waals surface area (Å²) in [5.74, 6) is 0.0775. The molecular weight excluding hydrogens is 154 g/mol. The van der Waals surface area contributed by atoms with E-state index in [-0.39, 0.29) is 5.91 Å². The van der Waals surface area contributed by atoms with Gasteiger partial charge in [0, 0.05) is 27.3 Å². The number of imidazole rings is 1. The van der Waals surface area contributed by atoms with Crippen molar-refractivity contribution in [1.29, 1.82) is 0 Å². The molecule has 12 heavy (non-hydrogen) atoms. The van der Waals surface area contributed by atoms with E-state index in [4.69, 9.17) is 0 Å². The maximum absolute atomic E-state index is 11.2. The van der Waals surface area contributed by atoms with E-state index < -0.39 is 0 Å². The van der Waals surface area contributed by atoms with Gasteiger partial charge in [0.2, 0.25) is 5.91 Å². The molecule has 0 fully saturated rings. The second-order valence-corrected chi connectivity index (χ2v) is 3.00. The predicted molar refractivity (Wildman–Crippen MR) is 45.6 cm³/mol. The number of amides is 1. The maximum Gasteiger partial charge on any atom is 0.228 e. The maximum atomic E-state index is 11.2. The molecule has 0 radical (unpaired) electrons. The van der Waals surface area contributed by atoms with Crippen LogP contribution in [0.4, 0.5) is 0 Å². The lowest BCUT2D eigenvalue weighted by Gasteiger charge is -2.07. The highest BCUT2D eigenvalue weighted by Gasteiger charge is 2.06. The molecule has 0 bridgehead atoms. The number of nitrogens with zero attached hydrogens (tertiary/aromatic N) is 3. The first-order valence-electron chi connectivity index (χ1n) is 3.76. The zero-order chi connectivity index (χ0) is 9.14. The van der Waals surface area contributed by atoms with E-state index in [1.165, 1.54) is 0 Å². The zero-order valence-electron chi connectivity index (χ0n) is 7.61. The van der Waals surface area contributed by atoms with E-state index in [2.05, 4.69) is 4.98 Å². The third kappa shape index (κ3) is 2.08. The van der Waals surface area contributed by atoms with Gasteiger partial charge >= 0.3 is 0 Å². The summed E-state index contributed by atoms with van der Waals surface area (Å²) in [6.45, 7) is 0. The molecule has 4 heteroatoms. The van der Waals surface area contributed by atoms with Crippen molar-refractivity contribution in [3.05, 3.63) is 18.2 Å². The molecule has 0 aliphatic heterocycles. The van der Waals surface area contributed by atoms with Crippen molar-refractivity contribution >= 4 is 5.91 Å². The molecule has 1 rings (SSSR count). The Morgan fingerprint density at radius 2 is 2.33 bits per heavy atom. The van der Waals surface area contributed by atoms with E-state index in [9.17, 15) is 4.79 Å². The van der Waals surface area contributed by atoms with Crippen LogP contribution in [0.15, 0.2) is 12.5 Å². The van der Waals surface area contributed by atoms with Crippen LogP contribution >= 0.6 is 0 Å². The molecule has 1 aromatic heterocycles. The van der Waals surface area contributed by atoms with Crippen LogP contribution in [0.5, 0.6) is 0 Å². The third-order valence-corrected chi connectivity index (χ3v) is 1.59. The zero-order valence-corrected chi connectivity index (χ0v) is 7.61. The lowest BCUT2D eigenvalue weighted by atomic mass is 10.3. The summed E-state index contributed by atoms with van der Waals surface area (Å²) in [7, 11) is 5.37. The van der Waals surface area contributed by atoms with Crippen molar-refractivity contribution in [1.82, 2.24) is 14.5 Å².